The molecule has 2 N–H and O–H groups in total. The van der Waals surface area contributed by atoms with E-state index in [-0.39, 0.29) is 30.4 Å². The van der Waals surface area contributed by atoms with Crippen LogP contribution < -0.4 is 15.5 Å². The summed E-state index contributed by atoms with van der Waals surface area (Å²) in [5.74, 6) is 0.524. The first-order valence-corrected chi connectivity index (χ1v) is 10.2. The molecule has 2 heterocycles. The number of carbonyl (C=O) groups is 2. The van der Waals surface area contributed by atoms with Crippen molar-refractivity contribution < 1.29 is 14.3 Å². The molecule has 0 radical (unpaired) electrons. The molecule has 30 heavy (non-hydrogen) atoms. The van der Waals surface area contributed by atoms with E-state index >= 15 is 0 Å². The summed E-state index contributed by atoms with van der Waals surface area (Å²) in [5.41, 5.74) is 6.31. The molecule has 7 heteroatoms. The molecule has 0 bridgehead atoms. The Balaban J connectivity index is 1.36. The van der Waals surface area contributed by atoms with E-state index in [9.17, 15) is 9.59 Å². The van der Waals surface area contributed by atoms with Crippen LogP contribution in [-0.2, 0) is 9.59 Å². The zero-order chi connectivity index (χ0) is 21.1. The van der Waals surface area contributed by atoms with Crippen molar-refractivity contribution in [1.29, 1.82) is 0 Å². The van der Waals surface area contributed by atoms with Crippen molar-refractivity contribution in [1.82, 2.24) is 15.3 Å². The highest BCUT2D eigenvalue weighted by atomic mass is 16.5. The third-order valence-corrected chi connectivity index (χ3v) is 5.32. The topological polar surface area (TPSA) is 73.9 Å². The van der Waals surface area contributed by atoms with Crippen molar-refractivity contribution in [2.75, 3.05) is 18.5 Å². The molecule has 0 spiro atoms. The highest BCUT2D eigenvalue weighted by molar-refractivity contribution is 5.96. The van der Waals surface area contributed by atoms with Crippen LogP contribution in [0.1, 0.15) is 30.5 Å². The maximum absolute atomic E-state index is 12.9. The van der Waals surface area contributed by atoms with E-state index in [4.69, 9.17) is 4.74 Å². The Morgan fingerprint density at radius 1 is 1.13 bits per heavy atom. The molecular weight excluding hydrogens is 380 g/mol. The first-order chi connectivity index (χ1) is 14.5. The largest absolute Gasteiger partial charge is 0.494 e. The Bertz CT molecular complexity index is 940. The normalized spacial score (nSPS) is 20.3. The Kier molecular flexibility index (Phi) is 5.72. The molecular formula is C23H26N4O3. The van der Waals surface area contributed by atoms with E-state index in [1.54, 1.807) is 6.20 Å². The number of anilines is 1. The van der Waals surface area contributed by atoms with Gasteiger partial charge < -0.3 is 20.0 Å². The molecule has 2 aliphatic heterocycles. The van der Waals surface area contributed by atoms with Crippen molar-refractivity contribution in [2.24, 2.45) is 0 Å². The molecule has 156 valence electrons. The van der Waals surface area contributed by atoms with Gasteiger partial charge in [-0.1, -0.05) is 29.8 Å². The van der Waals surface area contributed by atoms with Gasteiger partial charge in [0.15, 0.2) is 0 Å². The molecule has 7 nitrogen and oxygen atoms in total. The monoisotopic (exact) mass is 406 g/mol. The van der Waals surface area contributed by atoms with E-state index in [2.05, 4.69) is 10.7 Å². The number of hydrogen-bond donors (Lipinski definition) is 2. The maximum Gasteiger partial charge on any atom is 0.251 e. The summed E-state index contributed by atoms with van der Waals surface area (Å²) in [6, 6.07) is 15.2. The van der Waals surface area contributed by atoms with Crippen molar-refractivity contribution in [3.05, 3.63) is 72.1 Å². The number of rotatable bonds is 6. The predicted octanol–water partition coefficient (Wildman–Crippen LogP) is 2.97. The fourth-order valence-corrected chi connectivity index (χ4v) is 3.74. The number of hydrazine groups is 1. The predicted molar refractivity (Wildman–Crippen MR) is 114 cm³/mol. The Hall–Kier alpha value is -3.32. The maximum atomic E-state index is 12.9. The SMILES string of the molecule is CCOc1ccc(C2CC3C(=O)N(CC(=O)Nc4ccc(C)cc4)C=CN3N2)cc1. The number of hydrogen-bond acceptors (Lipinski definition) is 5. The summed E-state index contributed by atoms with van der Waals surface area (Å²) in [7, 11) is 0. The number of benzene rings is 2. The van der Waals surface area contributed by atoms with Crippen LogP contribution in [0.2, 0.25) is 0 Å². The van der Waals surface area contributed by atoms with Gasteiger partial charge in [0.25, 0.3) is 5.91 Å². The highest BCUT2D eigenvalue weighted by Gasteiger charge is 2.40. The van der Waals surface area contributed by atoms with Crippen LogP contribution in [0.4, 0.5) is 5.69 Å². The molecule has 2 unspecified atom stereocenters. The van der Waals surface area contributed by atoms with Gasteiger partial charge in [-0.25, -0.2) is 5.43 Å². The molecule has 0 aliphatic carbocycles. The number of amides is 2. The molecule has 2 aliphatic rings. The van der Waals surface area contributed by atoms with Crippen molar-refractivity contribution >= 4 is 17.5 Å². The van der Waals surface area contributed by atoms with Gasteiger partial charge in [-0.3, -0.25) is 9.59 Å². The number of carbonyl (C=O) groups excluding carboxylic acids is 2. The van der Waals surface area contributed by atoms with Crippen LogP contribution in [0.3, 0.4) is 0 Å². The molecule has 1 fully saturated rings. The molecule has 4 rings (SSSR count). The van der Waals surface area contributed by atoms with Crippen LogP contribution >= 0.6 is 0 Å². The summed E-state index contributed by atoms with van der Waals surface area (Å²) >= 11 is 0. The zero-order valence-corrected chi connectivity index (χ0v) is 17.2. The second kappa shape index (κ2) is 8.59. The van der Waals surface area contributed by atoms with Crippen LogP contribution in [0.25, 0.3) is 0 Å². The number of fused-ring (bicyclic) bond motifs is 1. The van der Waals surface area contributed by atoms with Gasteiger partial charge >= 0.3 is 0 Å². The molecule has 2 aromatic carbocycles. The number of nitrogens with zero attached hydrogens (tertiary/aromatic N) is 2. The lowest BCUT2D eigenvalue weighted by atomic mass is 10.0. The molecule has 0 aromatic heterocycles. The Labute approximate surface area is 176 Å². The fourth-order valence-electron chi connectivity index (χ4n) is 3.74. The van der Waals surface area contributed by atoms with Gasteiger partial charge in [-0.05, 0) is 50.1 Å². The minimum absolute atomic E-state index is 0.0126. The van der Waals surface area contributed by atoms with Gasteiger partial charge in [0.05, 0.1) is 12.6 Å². The Morgan fingerprint density at radius 3 is 2.57 bits per heavy atom. The summed E-state index contributed by atoms with van der Waals surface area (Å²) in [6.07, 6.45) is 4.11. The second-order valence-electron chi connectivity index (χ2n) is 7.52. The van der Waals surface area contributed by atoms with Crippen LogP contribution in [-0.4, -0.2) is 40.9 Å². The Morgan fingerprint density at radius 2 is 1.87 bits per heavy atom. The first-order valence-electron chi connectivity index (χ1n) is 10.2. The van der Waals surface area contributed by atoms with E-state index in [0.29, 0.717) is 13.0 Å². The van der Waals surface area contributed by atoms with Crippen LogP contribution in [0.5, 0.6) is 5.75 Å². The first kappa shape index (κ1) is 20.0. The number of nitrogens with one attached hydrogen (secondary N) is 2. The van der Waals surface area contributed by atoms with Gasteiger partial charge in [0.1, 0.15) is 18.3 Å². The summed E-state index contributed by atoms with van der Waals surface area (Å²) < 4.78 is 5.49. The van der Waals surface area contributed by atoms with Crippen molar-refractivity contribution in [3.8, 4) is 5.75 Å². The van der Waals surface area contributed by atoms with Crippen molar-refractivity contribution in [2.45, 2.75) is 32.4 Å². The summed E-state index contributed by atoms with van der Waals surface area (Å²) in [6.45, 7) is 4.56. The molecule has 0 saturated carbocycles. The molecule has 1 saturated heterocycles. The van der Waals surface area contributed by atoms with Gasteiger partial charge in [0.2, 0.25) is 5.91 Å². The number of aryl methyl sites for hydroxylation is 1. The van der Waals surface area contributed by atoms with Gasteiger partial charge in [0, 0.05) is 18.1 Å². The summed E-state index contributed by atoms with van der Waals surface area (Å²) in [5, 5.41) is 4.67. The quantitative estimate of drug-likeness (QED) is 0.772. The second-order valence-corrected chi connectivity index (χ2v) is 7.52. The average Bonchev–Trinajstić information content (AvgIpc) is 3.18. The lowest BCUT2D eigenvalue weighted by Gasteiger charge is -2.31. The molecule has 2 aromatic rings. The van der Waals surface area contributed by atoms with Gasteiger partial charge in [-0.2, -0.15) is 0 Å². The van der Waals surface area contributed by atoms with Gasteiger partial charge in [-0.15, -0.1) is 0 Å². The van der Waals surface area contributed by atoms with E-state index < -0.39 is 0 Å². The smallest absolute Gasteiger partial charge is 0.251 e. The third-order valence-electron chi connectivity index (χ3n) is 5.32. The minimum Gasteiger partial charge on any atom is -0.494 e. The van der Waals surface area contributed by atoms with E-state index in [0.717, 1.165) is 22.6 Å². The standard InChI is InChI=1S/C23H26N4O3/c1-3-30-19-10-6-17(7-11-19)20-14-21-23(29)26(12-13-27(21)25-20)15-22(28)24-18-8-4-16(2)5-9-18/h4-13,20-21,25H,3,14-15H2,1-2H3,(H,24,28). The minimum atomic E-state index is -0.334. The fraction of sp³-hybridized carbons (Fsp3) is 0.304. The van der Waals surface area contributed by atoms with E-state index in [1.165, 1.54) is 4.90 Å². The van der Waals surface area contributed by atoms with Crippen molar-refractivity contribution in [3.63, 3.8) is 0 Å². The molecule has 2 atom stereocenters. The lowest BCUT2D eigenvalue weighted by molar-refractivity contribution is -0.137. The van der Waals surface area contributed by atoms with Crippen LogP contribution in [0.15, 0.2) is 60.9 Å². The average molecular weight is 406 g/mol. The lowest BCUT2D eigenvalue weighted by Crippen LogP contribution is -2.49. The van der Waals surface area contributed by atoms with E-state index in [1.807, 2.05) is 73.6 Å². The number of ether oxygens (including phenoxy) is 1. The zero-order valence-electron chi connectivity index (χ0n) is 17.2. The molecule has 2 amide bonds. The summed E-state index contributed by atoms with van der Waals surface area (Å²) in [4.78, 5) is 26.8. The highest BCUT2D eigenvalue weighted by Crippen LogP contribution is 2.31. The van der Waals surface area contributed by atoms with Crippen LogP contribution in [0, 0.1) is 6.92 Å². The third kappa shape index (κ3) is 4.31.